The van der Waals surface area contributed by atoms with Crippen LogP contribution in [0.1, 0.15) is 31.7 Å². The molecule has 2 N–H and O–H groups in total. The second kappa shape index (κ2) is 9.48. The van der Waals surface area contributed by atoms with Gasteiger partial charge in [0.25, 0.3) is 0 Å². The Bertz CT molecular complexity index is 982. The number of hydrogen-bond donors (Lipinski definition) is 2. The molecule has 0 bridgehead atoms. The van der Waals surface area contributed by atoms with E-state index in [1.54, 1.807) is 27.8 Å². The van der Waals surface area contributed by atoms with Crippen molar-refractivity contribution in [2.75, 3.05) is 17.6 Å². The molecule has 11 nitrogen and oxygen atoms in total. The van der Waals surface area contributed by atoms with Crippen LogP contribution in [-0.2, 0) is 9.59 Å². The number of carbonyl (C=O) groups excluding carboxylic acids is 2. The molecule has 12 heteroatoms. The van der Waals surface area contributed by atoms with Crippen molar-refractivity contribution in [2.45, 2.75) is 36.9 Å². The molecule has 0 radical (unpaired) electrons. The lowest BCUT2D eigenvalue weighted by Gasteiger charge is -2.11. The number of rotatable bonds is 8. The van der Waals surface area contributed by atoms with E-state index in [1.807, 2.05) is 12.1 Å². The van der Waals surface area contributed by atoms with Gasteiger partial charge in [-0.2, -0.15) is 5.10 Å². The molecule has 0 atom stereocenters. The molecule has 2 heterocycles. The molecular formula is C18H21N9O2S. The second-order valence-corrected chi connectivity index (χ2v) is 7.79. The van der Waals surface area contributed by atoms with Gasteiger partial charge in [0.15, 0.2) is 0 Å². The van der Waals surface area contributed by atoms with Crippen LogP contribution in [0.3, 0.4) is 0 Å². The molecule has 0 unspecified atom stereocenters. The van der Waals surface area contributed by atoms with Gasteiger partial charge in [0, 0.05) is 5.69 Å². The highest BCUT2D eigenvalue weighted by Crippen LogP contribution is 2.31. The van der Waals surface area contributed by atoms with E-state index in [2.05, 4.69) is 36.2 Å². The predicted octanol–water partition coefficient (Wildman–Crippen LogP) is 1.22. The minimum Gasteiger partial charge on any atom is -0.346 e. The topological polar surface area (TPSA) is 133 Å². The molecule has 0 aliphatic heterocycles. The summed E-state index contributed by atoms with van der Waals surface area (Å²) in [6.45, 7) is -0.113. The molecule has 156 valence electrons. The minimum absolute atomic E-state index is 0.113. The molecule has 3 aromatic rings. The Morgan fingerprint density at radius 2 is 1.93 bits per heavy atom. The SMILES string of the molecule is O=C(CSc1nnnn1C1CCCC1)NCC(=O)Nc1ccc(-n2cncn2)cc1. The van der Waals surface area contributed by atoms with E-state index in [1.165, 1.54) is 30.9 Å². The number of nitrogens with one attached hydrogen (secondary N) is 2. The van der Waals surface area contributed by atoms with Crippen LogP contribution in [0.15, 0.2) is 42.1 Å². The van der Waals surface area contributed by atoms with Gasteiger partial charge in [0.05, 0.1) is 24.0 Å². The van der Waals surface area contributed by atoms with E-state index in [0.29, 0.717) is 16.9 Å². The smallest absolute Gasteiger partial charge is 0.243 e. The number of carbonyl (C=O) groups is 2. The average Bonchev–Trinajstić information content (AvgIpc) is 3.53. The van der Waals surface area contributed by atoms with Crippen molar-refractivity contribution in [1.29, 1.82) is 0 Å². The van der Waals surface area contributed by atoms with Crippen LogP contribution < -0.4 is 10.6 Å². The van der Waals surface area contributed by atoms with Crippen molar-refractivity contribution < 1.29 is 9.59 Å². The zero-order chi connectivity index (χ0) is 20.8. The fraction of sp³-hybridized carbons (Fsp3) is 0.389. The van der Waals surface area contributed by atoms with E-state index >= 15 is 0 Å². The standard InChI is InChI=1S/C18H21N9O2S/c28-16(22-13-5-7-14(8-6-13)26-12-19-11-21-26)9-20-17(29)10-30-18-23-24-25-27(18)15-3-1-2-4-15/h5-8,11-12,15H,1-4,9-10H2,(H,20,29)(H,22,28). The van der Waals surface area contributed by atoms with E-state index in [0.717, 1.165) is 18.5 Å². The number of hydrogen-bond acceptors (Lipinski definition) is 8. The number of thioether (sulfide) groups is 1. The Morgan fingerprint density at radius 1 is 1.13 bits per heavy atom. The van der Waals surface area contributed by atoms with Gasteiger partial charge in [-0.3, -0.25) is 9.59 Å². The maximum absolute atomic E-state index is 12.1. The Labute approximate surface area is 176 Å². The van der Waals surface area contributed by atoms with E-state index < -0.39 is 0 Å². The first kappa shape index (κ1) is 20.0. The van der Waals surface area contributed by atoms with Crippen molar-refractivity contribution in [3.05, 3.63) is 36.9 Å². The molecule has 1 aliphatic rings. The largest absolute Gasteiger partial charge is 0.346 e. The van der Waals surface area contributed by atoms with Crippen LogP contribution in [0, 0.1) is 0 Å². The second-order valence-electron chi connectivity index (χ2n) is 6.84. The molecule has 1 aromatic carbocycles. The zero-order valence-electron chi connectivity index (χ0n) is 16.1. The zero-order valence-corrected chi connectivity index (χ0v) is 17.0. The average molecular weight is 427 g/mol. The Kier molecular flexibility index (Phi) is 6.32. The lowest BCUT2D eigenvalue weighted by Crippen LogP contribution is -2.34. The monoisotopic (exact) mass is 427 g/mol. The molecule has 2 aromatic heterocycles. The summed E-state index contributed by atoms with van der Waals surface area (Å²) in [6, 6.07) is 7.46. The fourth-order valence-electron chi connectivity index (χ4n) is 3.26. The summed E-state index contributed by atoms with van der Waals surface area (Å²) >= 11 is 1.27. The van der Waals surface area contributed by atoms with Gasteiger partial charge in [-0.05, 0) is 47.5 Å². The van der Waals surface area contributed by atoms with Crippen molar-refractivity contribution in [2.24, 2.45) is 0 Å². The summed E-state index contributed by atoms with van der Waals surface area (Å²) in [5.41, 5.74) is 1.46. The molecule has 4 rings (SSSR count). The summed E-state index contributed by atoms with van der Waals surface area (Å²) in [7, 11) is 0. The highest BCUT2D eigenvalue weighted by atomic mass is 32.2. The molecule has 1 aliphatic carbocycles. The molecule has 2 amide bonds. The van der Waals surface area contributed by atoms with Crippen LogP contribution in [0.25, 0.3) is 5.69 Å². The summed E-state index contributed by atoms with van der Waals surface area (Å²) < 4.78 is 3.42. The third-order valence-electron chi connectivity index (χ3n) is 4.75. The van der Waals surface area contributed by atoms with Crippen molar-refractivity contribution in [3.63, 3.8) is 0 Å². The van der Waals surface area contributed by atoms with Gasteiger partial charge in [0.2, 0.25) is 17.0 Å². The number of nitrogens with zero attached hydrogens (tertiary/aromatic N) is 7. The Hall–Kier alpha value is -3.28. The molecule has 0 saturated heterocycles. The van der Waals surface area contributed by atoms with Crippen LogP contribution in [0.2, 0.25) is 0 Å². The number of anilines is 1. The lowest BCUT2D eigenvalue weighted by atomic mass is 10.3. The first-order chi connectivity index (χ1) is 14.7. The highest BCUT2D eigenvalue weighted by molar-refractivity contribution is 7.99. The maximum Gasteiger partial charge on any atom is 0.243 e. The van der Waals surface area contributed by atoms with Gasteiger partial charge in [-0.15, -0.1) is 5.10 Å². The molecular weight excluding hydrogens is 406 g/mol. The fourth-order valence-corrected chi connectivity index (χ4v) is 4.04. The van der Waals surface area contributed by atoms with Crippen molar-refractivity contribution in [1.82, 2.24) is 40.3 Å². The first-order valence-electron chi connectivity index (χ1n) is 9.61. The number of amides is 2. The summed E-state index contributed by atoms with van der Waals surface area (Å²) in [5, 5.41) is 21.8. The van der Waals surface area contributed by atoms with Crippen LogP contribution in [0.4, 0.5) is 5.69 Å². The van der Waals surface area contributed by atoms with Crippen LogP contribution in [0.5, 0.6) is 0 Å². The molecule has 30 heavy (non-hydrogen) atoms. The normalized spacial score (nSPS) is 14.0. The Balaban J connectivity index is 1.20. The van der Waals surface area contributed by atoms with Gasteiger partial charge in [0.1, 0.15) is 12.7 Å². The summed E-state index contributed by atoms with van der Waals surface area (Å²) in [5.74, 6) is -0.414. The van der Waals surface area contributed by atoms with E-state index in [4.69, 9.17) is 0 Å². The maximum atomic E-state index is 12.1. The van der Waals surface area contributed by atoms with E-state index in [9.17, 15) is 9.59 Å². The molecule has 1 fully saturated rings. The van der Waals surface area contributed by atoms with Crippen LogP contribution in [-0.4, -0.2) is 59.1 Å². The third kappa shape index (κ3) is 5.00. The predicted molar refractivity (Wildman–Crippen MR) is 109 cm³/mol. The van der Waals surface area contributed by atoms with Gasteiger partial charge < -0.3 is 10.6 Å². The van der Waals surface area contributed by atoms with E-state index in [-0.39, 0.29) is 24.1 Å². The van der Waals surface area contributed by atoms with Crippen molar-refractivity contribution >= 4 is 29.3 Å². The quantitative estimate of drug-likeness (QED) is 0.513. The Morgan fingerprint density at radius 3 is 2.67 bits per heavy atom. The number of aromatic nitrogens is 7. The summed E-state index contributed by atoms with van der Waals surface area (Å²) in [4.78, 5) is 28.1. The van der Waals surface area contributed by atoms with Crippen molar-refractivity contribution in [3.8, 4) is 5.69 Å². The minimum atomic E-state index is -0.308. The summed E-state index contributed by atoms with van der Waals surface area (Å²) in [6.07, 6.45) is 7.51. The number of benzene rings is 1. The highest BCUT2D eigenvalue weighted by Gasteiger charge is 2.22. The van der Waals surface area contributed by atoms with Gasteiger partial charge >= 0.3 is 0 Å². The third-order valence-corrected chi connectivity index (χ3v) is 5.68. The van der Waals surface area contributed by atoms with Crippen LogP contribution >= 0.6 is 11.8 Å². The first-order valence-corrected chi connectivity index (χ1v) is 10.6. The van der Waals surface area contributed by atoms with Gasteiger partial charge in [-0.25, -0.2) is 14.3 Å². The lowest BCUT2D eigenvalue weighted by molar-refractivity contribution is -0.122. The molecule has 1 saturated carbocycles. The number of tetrazole rings is 1. The molecule has 0 spiro atoms. The van der Waals surface area contributed by atoms with Gasteiger partial charge in [-0.1, -0.05) is 24.6 Å².